The molecule has 0 saturated carbocycles. The molecule has 1 aliphatic rings. The van der Waals surface area contributed by atoms with Gasteiger partial charge in [0, 0.05) is 0 Å². The molecule has 0 bridgehead atoms. The first-order valence-electron chi connectivity index (χ1n) is 6.48. The van der Waals surface area contributed by atoms with Crippen molar-refractivity contribution in [1.82, 2.24) is 5.43 Å². The summed E-state index contributed by atoms with van der Waals surface area (Å²) in [5, 5.41) is 3.91. The molecule has 1 atom stereocenters. The topological polar surface area (TPSA) is 75.6 Å². The second kappa shape index (κ2) is 5.75. The third-order valence-electron chi connectivity index (χ3n) is 3.41. The molecule has 5 nitrogen and oxygen atoms in total. The van der Waals surface area contributed by atoms with Crippen molar-refractivity contribution in [3.63, 3.8) is 0 Å². The number of carbonyl (C=O) groups excluding carboxylic acids is 1. The van der Waals surface area contributed by atoms with Gasteiger partial charge in [-0.3, -0.25) is 4.79 Å². The average molecular weight is 294 g/mol. The first-order chi connectivity index (χ1) is 9.37. The molecule has 0 unspecified atom stereocenters. The van der Waals surface area contributed by atoms with Gasteiger partial charge in [0.15, 0.2) is 9.84 Å². The van der Waals surface area contributed by atoms with Crippen LogP contribution in [0.4, 0.5) is 0 Å². The van der Waals surface area contributed by atoms with Gasteiger partial charge < -0.3 is 0 Å². The van der Waals surface area contributed by atoms with E-state index in [1.165, 1.54) is 5.56 Å². The van der Waals surface area contributed by atoms with E-state index in [0.29, 0.717) is 6.42 Å². The van der Waals surface area contributed by atoms with E-state index in [1.54, 1.807) is 6.21 Å². The van der Waals surface area contributed by atoms with Crippen LogP contribution >= 0.6 is 0 Å². The maximum Gasteiger partial charge on any atom is 0.244 e. The smallest absolute Gasteiger partial charge is 0.244 e. The lowest BCUT2D eigenvalue weighted by molar-refractivity contribution is -0.124. The second-order valence-electron chi connectivity index (χ2n) is 5.19. The zero-order valence-corrected chi connectivity index (χ0v) is 12.4. The van der Waals surface area contributed by atoms with E-state index in [9.17, 15) is 13.2 Å². The van der Waals surface area contributed by atoms with Crippen LogP contribution in [0.5, 0.6) is 0 Å². The van der Waals surface area contributed by atoms with E-state index in [2.05, 4.69) is 10.5 Å². The number of nitrogens with zero attached hydrogens (tertiary/aromatic N) is 1. The Hall–Kier alpha value is -1.69. The second-order valence-corrected chi connectivity index (χ2v) is 7.42. The van der Waals surface area contributed by atoms with E-state index in [1.807, 2.05) is 32.0 Å². The minimum absolute atomic E-state index is 0.0715. The number of hydrogen-bond acceptors (Lipinski definition) is 4. The van der Waals surface area contributed by atoms with Crippen LogP contribution in [0.3, 0.4) is 0 Å². The zero-order chi connectivity index (χ0) is 14.8. The lowest BCUT2D eigenvalue weighted by atomic mass is 10.1. The van der Waals surface area contributed by atoms with E-state index in [0.717, 1.165) is 11.1 Å². The van der Waals surface area contributed by atoms with Crippen molar-refractivity contribution in [2.45, 2.75) is 20.3 Å². The number of sulfone groups is 1. The van der Waals surface area contributed by atoms with Gasteiger partial charge >= 0.3 is 0 Å². The average Bonchev–Trinajstić information content (AvgIpc) is 2.72. The van der Waals surface area contributed by atoms with Gasteiger partial charge in [-0.05, 0) is 31.4 Å². The van der Waals surface area contributed by atoms with Gasteiger partial charge in [-0.2, -0.15) is 5.10 Å². The van der Waals surface area contributed by atoms with Crippen molar-refractivity contribution in [1.29, 1.82) is 0 Å². The molecule has 1 N–H and O–H groups in total. The third-order valence-corrected chi connectivity index (χ3v) is 5.17. The Morgan fingerprint density at radius 3 is 2.75 bits per heavy atom. The van der Waals surface area contributed by atoms with Gasteiger partial charge in [-0.15, -0.1) is 0 Å². The summed E-state index contributed by atoms with van der Waals surface area (Å²) in [5.74, 6) is -0.785. The molecule has 0 spiro atoms. The molecule has 1 aromatic carbocycles. The van der Waals surface area contributed by atoms with Crippen LogP contribution in [-0.4, -0.2) is 32.0 Å². The van der Waals surface area contributed by atoms with Crippen LogP contribution in [0.15, 0.2) is 23.3 Å². The highest BCUT2D eigenvalue weighted by atomic mass is 32.2. The number of hydrazone groups is 1. The minimum atomic E-state index is -3.04. The Kier molecular flexibility index (Phi) is 4.23. The summed E-state index contributed by atoms with van der Waals surface area (Å²) >= 11 is 0. The van der Waals surface area contributed by atoms with E-state index >= 15 is 0 Å². The number of carbonyl (C=O) groups is 1. The standard InChI is InChI=1S/C14H18N2O3S/c1-10-3-4-12(11(2)7-10)8-15-16-14(17)13-5-6-20(18,19)9-13/h3-4,7-8,13H,5-6,9H2,1-2H3,(H,16,17)/b15-8-/t13-/m0/s1. The normalized spacial score (nSPS) is 21.2. The zero-order valence-electron chi connectivity index (χ0n) is 11.6. The van der Waals surface area contributed by atoms with Gasteiger partial charge in [0.1, 0.15) is 0 Å². The third kappa shape index (κ3) is 3.66. The first kappa shape index (κ1) is 14.7. The predicted octanol–water partition coefficient (Wildman–Crippen LogP) is 1.19. The summed E-state index contributed by atoms with van der Waals surface area (Å²) in [6.45, 7) is 3.98. The molecule has 1 aliphatic heterocycles. The van der Waals surface area contributed by atoms with E-state index in [-0.39, 0.29) is 17.4 Å². The Bertz CT molecular complexity index is 650. The van der Waals surface area contributed by atoms with Gasteiger partial charge in [-0.1, -0.05) is 23.8 Å². The Labute approximate surface area is 119 Å². The van der Waals surface area contributed by atoms with Crippen LogP contribution in [0.25, 0.3) is 0 Å². The molecular weight excluding hydrogens is 276 g/mol. The molecule has 6 heteroatoms. The molecule has 1 fully saturated rings. The maximum absolute atomic E-state index is 11.8. The Morgan fingerprint density at radius 2 is 2.15 bits per heavy atom. The molecule has 0 aliphatic carbocycles. The molecule has 1 aromatic rings. The summed E-state index contributed by atoms with van der Waals surface area (Å²) in [7, 11) is -3.04. The fraction of sp³-hybridized carbons (Fsp3) is 0.429. The van der Waals surface area contributed by atoms with Crippen molar-refractivity contribution in [3.8, 4) is 0 Å². The summed E-state index contributed by atoms with van der Waals surface area (Å²) < 4.78 is 22.6. The van der Waals surface area contributed by atoms with Crippen molar-refractivity contribution >= 4 is 22.0 Å². The van der Waals surface area contributed by atoms with Crippen LogP contribution in [0.2, 0.25) is 0 Å². The van der Waals surface area contributed by atoms with Crippen LogP contribution in [-0.2, 0) is 14.6 Å². The molecule has 1 amide bonds. The Morgan fingerprint density at radius 1 is 1.40 bits per heavy atom. The number of nitrogens with one attached hydrogen (secondary N) is 1. The molecule has 0 radical (unpaired) electrons. The summed E-state index contributed by atoms with van der Waals surface area (Å²) in [4.78, 5) is 11.8. The van der Waals surface area contributed by atoms with Crippen LogP contribution in [0.1, 0.15) is 23.1 Å². The van der Waals surface area contributed by atoms with Crippen molar-refractivity contribution in [2.75, 3.05) is 11.5 Å². The summed E-state index contributed by atoms with van der Waals surface area (Å²) in [6, 6.07) is 5.94. The first-order valence-corrected chi connectivity index (χ1v) is 8.30. The lowest BCUT2D eigenvalue weighted by Gasteiger charge is -2.05. The Balaban J connectivity index is 1.95. The van der Waals surface area contributed by atoms with E-state index in [4.69, 9.17) is 0 Å². The largest absolute Gasteiger partial charge is 0.273 e. The van der Waals surface area contributed by atoms with Gasteiger partial charge in [0.05, 0.1) is 23.6 Å². The SMILES string of the molecule is Cc1ccc(/C=N\NC(=O)[C@H]2CCS(=O)(=O)C2)c(C)c1. The number of amides is 1. The molecule has 0 aromatic heterocycles. The quantitative estimate of drug-likeness (QED) is 0.672. The van der Waals surface area contributed by atoms with Crippen molar-refractivity contribution in [3.05, 3.63) is 34.9 Å². The molecule has 108 valence electrons. The van der Waals surface area contributed by atoms with Gasteiger partial charge in [0.25, 0.3) is 0 Å². The summed E-state index contributed by atoms with van der Waals surface area (Å²) in [6.07, 6.45) is 1.96. The number of aryl methyl sites for hydroxylation is 2. The van der Waals surface area contributed by atoms with Gasteiger partial charge in [-0.25, -0.2) is 13.8 Å². The molecular formula is C14H18N2O3S. The number of hydrogen-bond donors (Lipinski definition) is 1. The van der Waals surface area contributed by atoms with E-state index < -0.39 is 15.8 Å². The fourth-order valence-corrected chi connectivity index (χ4v) is 3.97. The number of benzene rings is 1. The highest BCUT2D eigenvalue weighted by Gasteiger charge is 2.32. The lowest BCUT2D eigenvalue weighted by Crippen LogP contribution is -2.27. The monoisotopic (exact) mass is 294 g/mol. The van der Waals surface area contributed by atoms with Crippen molar-refractivity contribution in [2.24, 2.45) is 11.0 Å². The minimum Gasteiger partial charge on any atom is -0.273 e. The maximum atomic E-state index is 11.8. The molecule has 1 heterocycles. The predicted molar refractivity (Wildman–Crippen MR) is 78.4 cm³/mol. The van der Waals surface area contributed by atoms with Crippen LogP contribution in [0, 0.1) is 19.8 Å². The molecule has 2 rings (SSSR count). The van der Waals surface area contributed by atoms with Crippen LogP contribution < -0.4 is 5.43 Å². The summed E-state index contributed by atoms with van der Waals surface area (Å²) in [5.41, 5.74) is 5.59. The van der Waals surface area contributed by atoms with Gasteiger partial charge in [0.2, 0.25) is 5.91 Å². The highest BCUT2D eigenvalue weighted by Crippen LogP contribution is 2.18. The molecule has 1 saturated heterocycles. The fourth-order valence-electron chi connectivity index (χ4n) is 2.23. The molecule has 20 heavy (non-hydrogen) atoms. The number of rotatable bonds is 3. The highest BCUT2D eigenvalue weighted by molar-refractivity contribution is 7.91. The van der Waals surface area contributed by atoms with Crippen molar-refractivity contribution < 1.29 is 13.2 Å².